The summed E-state index contributed by atoms with van der Waals surface area (Å²) in [6.45, 7) is 14.0. The normalized spacial score (nSPS) is 12.0. The molecular formula is C44H62S4. The zero-order valence-electron chi connectivity index (χ0n) is 31.1. The summed E-state index contributed by atoms with van der Waals surface area (Å²) in [6.07, 6.45) is 26.1. The molecule has 262 valence electrons. The third-order valence-corrected chi connectivity index (χ3v) is 15.1. The van der Waals surface area contributed by atoms with Gasteiger partial charge in [-0.3, -0.25) is 0 Å². The fourth-order valence-electron chi connectivity index (χ4n) is 7.51. The highest BCUT2D eigenvalue weighted by atomic mass is 32.1. The maximum Gasteiger partial charge on any atom is 0.0477 e. The maximum atomic E-state index is 2.65. The van der Waals surface area contributed by atoms with E-state index in [1.54, 1.807) is 52.2 Å². The number of hydrogen-bond acceptors (Lipinski definition) is 4. The van der Waals surface area contributed by atoms with Gasteiger partial charge in [0.2, 0.25) is 0 Å². The minimum Gasteiger partial charge on any atom is -0.139 e. The smallest absolute Gasteiger partial charge is 0.0477 e. The zero-order valence-corrected chi connectivity index (χ0v) is 34.4. The third kappa shape index (κ3) is 9.45. The van der Waals surface area contributed by atoms with Crippen LogP contribution in [0.5, 0.6) is 0 Å². The lowest BCUT2D eigenvalue weighted by molar-refractivity contribution is 0.668. The quantitative estimate of drug-likeness (QED) is 0.0625. The Balaban J connectivity index is 1.63. The molecule has 0 nitrogen and oxygen atoms in total. The molecule has 0 aliphatic rings. The van der Waals surface area contributed by atoms with E-state index in [0.29, 0.717) is 0 Å². The van der Waals surface area contributed by atoms with Crippen LogP contribution in [0, 0.1) is 13.8 Å². The van der Waals surface area contributed by atoms with Gasteiger partial charge in [0.15, 0.2) is 0 Å². The van der Waals surface area contributed by atoms with Gasteiger partial charge in [0, 0.05) is 38.7 Å². The molecule has 48 heavy (non-hydrogen) atoms. The maximum absolute atomic E-state index is 2.65. The van der Waals surface area contributed by atoms with Crippen molar-refractivity contribution in [2.75, 3.05) is 0 Å². The van der Waals surface area contributed by atoms with E-state index < -0.39 is 0 Å². The molecule has 1 aromatic carbocycles. The molecule has 4 heterocycles. The Bertz CT molecular complexity index is 1520. The van der Waals surface area contributed by atoms with E-state index in [-0.39, 0.29) is 0 Å². The van der Waals surface area contributed by atoms with Crippen molar-refractivity contribution < 1.29 is 0 Å². The summed E-state index contributed by atoms with van der Waals surface area (Å²) < 4.78 is 3.21. The molecule has 0 fully saturated rings. The molecule has 0 aliphatic carbocycles. The summed E-state index contributed by atoms with van der Waals surface area (Å²) >= 11 is 8.34. The lowest BCUT2D eigenvalue weighted by atomic mass is 9.94. The Hall–Kier alpha value is -1.46. The predicted molar refractivity (Wildman–Crippen MR) is 225 cm³/mol. The van der Waals surface area contributed by atoms with Gasteiger partial charge in [-0.1, -0.05) is 105 Å². The topological polar surface area (TPSA) is 0 Å². The average molecular weight is 719 g/mol. The molecule has 5 rings (SSSR count). The molecule has 0 aliphatic heterocycles. The number of fused-ring (bicyclic) bond motifs is 2. The van der Waals surface area contributed by atoms with E-state index in [9.17, 15) is 0 Å². The monoisotopic (exact) mass is 718 g/mol. The van der Waals surface area contributed by atoms with E-state index in [4.69, 9.17) is 0 Å². The summed E-state index contributed by atoms with van der Waals surface area (Å²) in [5.74, 6) is 0. The Morgan fingerprint density at radius 1 is 0.396 bits per heavy atom. The van der Waals surface area contributed by atoms with Crippen molar-refractivity contribution >= 4 is 65.5 Å². The van der Waals surface area contributed by atoms with Crippen LogP contribution in [0.2, 0.25) is 0 Å². The van der Waals surface area contributed by atoms with Crippen molar-refractivity contribution in [1.29, 1.82) is 0 Å². The second-order valence-electron chi connectivity index (χ2n) is 14.3. The van der Waals surface area contributed by atoms with Gasteiger partial charge in [0.1, 0.15) is 0 Å². The Morgan fingerprint density at radius 3 is 1.10 bits per heavy atom. The Morgan fingerprint density at radius 2 is 0.750 bits per heavy atom. The van der Waals surface area contributed by atoms with Crippen molar-refractivity contribution in [3.63, 3.8) is 0 Å². The van der Waals surface area contributed by atoms with Crippen molar-refractivity contribution in [3.8, 4) is 19.5 Å². The fourth-order valence-corrected chi connectivity index (χ4v) is 12.5. The van der Waals surface area contributed by atoms with Crippen molar-refractivity contribution in [3.05, 3.63) is 56.3 Å². The summed E-state index contributed by atoms with van der Waals surface area (Å²) in [5.41, 5.74) is 6.50. The third-order valence-electron chi connectivity index (χ3n) is 10.1. The van der Waals surface area contributed by atoms with E-state index in [0.717, 1.165) is 0 Å². The highest BCUT2D eigenvalue weighted by Gasteiger charge is 2.23. The van der Waals surface area contributed by atoms with Crippen LogP contribution in [0.15, 0.2) is 24.3 Å². The minimum absolute atomic E-state index is 1.21. The first-order valence-electron chi connectivity index (χ1n) is 19.7. The van der Waals surface area contributed by atoms with Crippen LogP contribution in [0.1, 0.15) is 162 Å². The van der Waals surface area contributed by atoms with E-state index >= 15 is 0 Å². The van der Waals surface area contributed by atoms with Crippen LogP contribution in [0.4, 0.5) is 0 Å². The van der Waals surface area contributed by atoms with Crippen LogP contribution in [-0.2, 0) is 25.7 Å². The molecule has 4 heteroatoms. The molecule has 0 N–H and O–H groups in total. The average Bonchev–Trinajstić information content (AvgIpc) is 3.87. The minimum atomic E-state index is 1.21. The highest BCUT2D eigenvalue weighted by molar-refractivity contribution is 7.28. The van der Waals surface area contributed by atoms with Crippen LogP contribution in [0.3, 0.4) is 0 Å². The number of hydrogen-bond donors (Lipinski definition) is 0. The second kappa shape index (κ2) is 19.2. The lowest BCUT2D eigenvalue weighted by Gasteiger charge is -2.11. The van der Waals surface area contributed by atoms with Crippen LogP contribution in [-0.4, -0.2) is 0 Å². The summed E-state index contributed by atoms with van der Waals surface area (Å²) in [6, 6.07) is 10.3. The first-order chi connectivity index (χ1) is 23.5. The molecule has 0 unspecified atom stereocenters. The van der Waals surface area contributed by atoms with Gasteiger partial charge in [0.25, 0.3) is 0 Å². The fraction of sp³-hybridized carbons (Fsp3) is 0.591. The molecule has 0 spiro atoms. The number of rotatable bonds is 22. The van der Waals surface area contributed by atoms with Gasteiger partial charge >= 0.3 is 0 Å². The molecule has 0 amide bonds. The molecule has 5 aromatic rings. The molecule has 0 saturated heterocycles. The van der Waals surface area contributed by atoms with Crippen LogP contribution in [0.25, 0.3) is 39.7 Å². The summed E-state index contributed by atoms with van der Waals surface area (Å²) in [4.78, 5) is 9.11. The van der Waals surface area contributed by atoms with Crippen molar-refractivity contribution in [2.45, 2.75) is 170 Å². The lowest BCUT2D eigenvalue weighted by Crippen LogP contribution is -1.93. The molecule has 0 radical (unpaired) electrons. The number of unbranched alkanes of at least 4 members (excludes halogenated alkanes) is 12. The van der Waals surface area contributed by atoms with Crippen LogP contribution < -0.4 is 0 Å². The van der Waals surface area contributed by atoms with Gasteiger partial charge < -0.3 is 0 Å². The first-order valence-corrected chi connectivity index (χ1v) is 23.0. The molecule has 4 aromatic heterocycles. The Labute approximate surface area is 309 Å². The summed E-state index contributed by atoms with van der Waals surface area (Å²) in [5, 5.41) is 3.17. The van der Waals surface area contributed by atoms with Gasteiger partial charge in [0.05, 0.1) is 0 Å². The number of benzene rings is 1. The van der Waals surface area contributed by atoms with Gasteiger partial charge in [-0.25, -0.2) is 0 Å². The van der Waals surface area contributed by atoms with E-state index in [2.05, 4.69) is 88.5 Å². The van der Waals surface area contributed by atoms with Crippen molar-refractivity contribution in [1.82, 2.24) is 0 Å². The SMILES string of the molecule is CCCCCCc1cc(C)sc1-c1cc2c(CCCCCC)c3sc(-c4sc(C)cc4CCCCCC)cc3c(CCCCCC)c2s1. The number of thiophene rings is 4. The predicted octanol–water partition coefficient (Wildman–Crippen LogP) is 16.7. The van der Waals surface area contributed by atoms with E-state index in [1.807, 2.05) is 22.7 Å². The van der Waals surface area contributed by atoms with Gasteiger partial charge in [-0.2, -0.15) is 0 Å². The highest BCUT2D eigenvalue weighted by Crippen LogP contribution is 2.49. The second-order valence-corrected chi connectivity index (χ2v) is 18.9. The standard InChI is InChI=1S/C44H62S4/c1-7-11-15-19-23-33-27-31(5)45-41(33)39-29-37-35(25-21-17-13-9-3)44-38(36(43(37)47-39)26-22-18-14-10-4)30-40(48-44)42-34(28-32(6)46-42)24-20-16-12-8-2/h27-30H,7-26H2,1-6H3. The van der Waals surface area contributed by atoms with Gasteiger partial charge in [-0.15, -0.1) is 45.3 Å². The molecule has 0 saturated carbocycles. The number of aryl methyl sites for hydroxylation is 6. The molecule has 0 atom stereocenters. The van der Waals surface area contributed by atoms with E-state index in [1.165, 1.54) is 148 Å². The summed E-state index contributed by atoms with van der Waals surface area (Å²) in [7, 11) is 0. The van der Waals surface area contributed by atoms with Crippen LogP contribution >= 0.6 is 45.3 Å². The van der Waals surface area contributed by atoms with Gasteiger partial charge in [-0.05, 0) is 123 Å². The Kier molecular flexibility index (Phi) is 15.1. The first kappa shape index (κ1) is 37.8. The zero-order chi connectivity index (χ0) is 33.9. The largest absolute Gasteiger partial charge is 0.139 e. The molecular weight excluding hydrogens is 657 g/mol. The molecule has 0 bridgehead atoms. The van der Waals surface area contributed by atoms with Crippen molar-refractivity contribution in [2.24, 2.45) is 0 Å².